The molecule has 1 heterocycles. The fraction of sp³-hybridized carbons (Fsp3) is 0.500. The molecular formula is C22H29N5O3S. The van der Waals surface area contributed by atoms with Crippen LogP contribution in [-0.2, 0) is 37.5 Å². The highest BCUT2D eigenvalue weighted by molar-refractivity contribution is 7.97. The molecule has 8 nitrogen and oxygen atoms in total. The van der Waals surface area contributed by atoms with Crippen molar-refractivity contribution < 1.29 is 14.3 Å². The Morgan fingerprint density at radius 3 is 2.48 bits per heavy atom. The van der Waals surface area contributed by atoms with Gasteiger partial charge < -0.3 is 15.0 Å². The van der Waals surface area contributed by atoms with Crippen LogP contribution in [0.25, 0.3) is 0 Å². The zero-order valence-corrected chi connectivity index (χ0v) is 19.1. The van der Waals surface area contributed by atoms with Crippen LogP contribution in [0.2, 0.25) is 0 Å². The number of nitrogens with one attached hydrogen (secondary N) is 2. The van der Waals surface area contributed by atoms with Crippen LogP contribution in [0, 0.1) is 0 Å². The molecule has 2 N–H and O–H groups in total. The molecule has 2 aliphatic rings. The van der Waals surface area contributed by atoms with Crippen molar-refractivity contribution in [2.24, 2.45) is 7.05 Å². The van der Waals surface area contributed by atoms with Crippen molar-refractivity contribution in [3.05, 3.63) is 40.1 Å². The summed E-state index contributed by atoms with van der Waals surface area (Å²) < 4.78 is 9.38. The van der Waals surface area contributed by atoms with Crippen molar-refractivity contribution in [1.82, 2.24) is 19.4 Å². The van der Waals surface area contributed by atoms with E-state index in [1.807, 2.05) is 0 Å². The van der Waals surface area contributed by atoms with Crippen molar-refractivity contribution in [2.75, 3.05) is 32.6 Å². The maximum Gasteiger partial charge on any atom is 0.329 e. The molecule has 166 valence electrons. The van der Waals surface area contributed by atoms with E-state index in [9.17, 15) is 9.59 Å². The normalized spacial score (nSPS) is 14.3. The summed E-state index contributed by atoms with van der Waals surface area (Å²) in [5.74, 6) is -0.140. The molecule has 4 rings (SSSR count). The smallest absolute Gasteiger partial charge is 0.329 e. The fourth-order valence-electron chi connectivity index (χ4n) is 4.42. The second-order valence-corrected chi connectivity index (χ2v) is 8.93. The van der Waals surface area contributed by atoms with Crippen molar-refractivity contribution in [3.63, 3.8) is 0 Å². The minimum absolute atomic E-state index is 0.140. The first kappa shape index (κ1) is 21.7. The number of carbonyl (C=O) groups is 2. The molecule has 0 aliphatic heterocycles. The SMILES string of the molecule is COCCN(C)C(=O)c1cc(SNC(=O)Nc2c3c(cc4c2CCC4)CCC3)nn1C. The number of rotatable bonds is 7. The summed E-state index contributed by atoms with van der Waals surface area (Å²) in [5, 5.41) is 8.01. The number of fused-ring (bicyclic) bond motifs is 2. The minimum atomic E-state index is -0.268. The largest absolute Gasteiger partial charge is 0.383 e. The molecule has 0 saturated carbocycles. The predicted molar refractivity (Wildman–Crippen MR) is 121 cm³/mol. The van der Waals surface area contributed by atoms with Crippen LogP contribution in [0.3, 0.4) is 0 Å². The van der Waals surface area contributed by atoms with Crippen LogP contribution >= 0.6 is 11.9 Å². The van der Waals surface area contributed by atoms with Crippen molar-refractivity contribution in [2.45, 2.75) is 43.6 Å². The summed E-state index contributed by atoms with van der Waals surface area (Å²) >= 11 is 1.11. The topological polar surface area (TPSA) is 88.5 Å². The van der Waals surface area contributed by atoms with Gasteiger partial charge in [-0.05, 0) is 60.8 Å². The van der Waals surface area contributed by atoms with Gasteiger partial charge >= 0.3 is 6.03 Å². The van der Waals surface area contributed by atoms with Crippen LogP contribution in [0.5, 0.6) is 0 Å². The lowest BCUT2D eigenvalue weighted by Gasteiger charge is -2.16. The van der Waals surface area contributed by atoms with E-state index >= 15 is 0 Å². The zero-order chi connectivity index (χ0) is 22.0. The molecule has 1 aromatic heterocycles. The van der Waals surface area contributed by atoms with Gasteiger partial charge in [-0.15, -0.1) is 0 Å². The number of urea groups is 1. The van der Waals surface area contributed by atoms with E-state index in [2.05, 4.69) is 21.2 Å². The number of hydrogen-bond donors (Lipinski definition) is 2. The van der Waals surface area contributed by atoms with Gasteiger partial charge in [0.1, 0.15) is 10.7 Å². The third kappa shape index (κ3) is 4.57. The van der Waals surface area contributed by atoms with Crippen LogP contribution in [0.15, 0.2) is 17.2 Å². The van der Waals surface area contributed by atoms with Crippen LogP contribution in [0.4, 0.5) is 10.5 Å². The van der Waals surface area contributed by atoms with E-state index in [0.29, 0.717) is 23.9 Å². The molecule has 9 heteroatoms. The number of aromatic nitrogens is 2. The maximum atomic E-state index is 12.7. The summed E-state index contributed by atoms with van der Waals surface area (Å²) in [7, 11) is 5.05. The van der Waals surface area contributed by atoms with Crippen molar-refractivity contribution in [3.8, 4) is 0 Å². The average molecular weight is 444 g/mol. The number of methoxy groups -OCH3 is 1. The summed E-state index contributed by atoms with van der Waals surface area (Å²) in [6, 6.07) is 3.77. The summed E-state index contributed by atoms with van der Waals surface area (Å²) in [6.07, 6.45) is 6.52. The van der Waals surface area contributed by atoms with E-state index in [4.69, 9.17) is 4.74 Å². The van der Waals surface area contributed by atoms with Gasteiger partial charge in [0.2, 0.25) is 0 Å². The molecule has 0 bridgehead atoms. The van der Waals surface area contributed by atoms with Gasteiger partial charge in [0.15, 0.2) is 0 Å². The maximum absolute atomic E-state index is 12.7. The zero-order valence-electron chi connectivity index (χ0n) is 18.3. The number of hydrogen-bond acceptors (Lipinski definition) is 5. The lowest BCUT2D eigenvalue weighted by atomic mass is 9.99. The first-order valence-electron chi connectivity index (χ1n) is 10.7. The van der Waals surface area contributed by atoms with Gasteiger partial charge in [-0.1, -0.05) is 6.07 Å². The summed E-state index contributed by atoms with van der Waals surface area (Å²) in [4.78, 5) is 26.8. The highest BCUT2D eigenvalue weighted by Gasteiger charge is 2.25. The average Bonchev–Trinajstić information content (AvgIpc) is 3.49. The number of carbonyl (C=O) groups excluding carboxylic acids is 2. The Balaban J connectivity index is 1.40. The number of anilines is 1. The Morgan fingerprint density at radius 1 is 1.16 bits per heavy atom. The number of amides is 3. The molecule has 3 amide bonds. The van der Waals surface area contributed by atoms with E-state index < -0.39 is 0 Å². The number of benzene rings is 1. The summed E-state index contributed by atoms with van der Waals surface area (Å²) in [6.45, 7) is 0.964. The van der Waals surface area contributed by atoms with Crippen molar-refractivity contribution in [1.29, 1.82) is 0 Å². The third-order valence-corrected chi connectivity index (χ3v) is 6.71. The molecule has 0 atom stereocenters. The van der Waals surface area contributed by atoms with Crippen LogP contribution in [0.1, 0.15) is 45.6 Å². The molecule has 2 aromatic rings. The van der Waals surface area contributed by atoms with Gasteiger partial charge in [0.25, 0.3) is 5.91 Å². The van der Waals surface area contributed by atoms with Gasteiger partial charge in [-0.3, -0.25) is 14.2 Å². The first-order valence-corrected chi connectivity index (χ1v) is 11.5. The van der Waals surface area contributed by atoms with Gasteiger partial charge in [-0.25, -0.2) is 4.79 Å². The van der Waals surface area contributed by atoms with E-state index in [-0.39, 0.29) is 11.9 Å². The molecular weight excluding hydrogens is 414 g/mol. The van der Waals surface area contributed by atoms with E-state index in [1.165, 1.54) is 26.9 Å². The Hall–Kier alpha value is -2.52. The van der Waals surface area contributed by atoms with Gasteiger partial charge in [-0.2, -0.15) is 5.10 Å². The third-order valence-electron chi connectivity index (χ3n) is 6.01. The highest BCUT2D eigenvalue weighted by Crippen LogP contribution is 2.38. The van der Waals surface area contributed by atoms with Crippen molar-refractivity contribution >= 4 is 29.6 Å². The number of ether oxygens (including phenoxy) is 1. The number of nitrogens with zero attached hydrogens (tertiary/aromatic N) is 3. The Kier molecular flexibility index (Phi) is 6.52. The lowest BCUT2D eigenvalue weighted by molar-refractivity contribution is 0.0733. The quantitative estimate of drug-likeness (QED) is 0.643. The molecule has 0 unspecified atom stereocenters. The van der Waals surface area contributed by atoms with E-state index in [1.54, 1.807) is 32.2 Å². The molecule has 2 aliphatic carbocycles. The molecule has 0 radical (unpaired) electrons. The molecule has 31 heavy (non-hydrogen) atoms. The summed E-state index contributed by atoms with van der Waals surface area (Å²) in [5.41, 5.74) is 6.83. The van der Waals surface area contributed by atoms with E-state index in [0.717, 1.165) is 56.2 Å². The van der Waals surface area contributed by atoms with Gasteiger partial charge in [0, 0.05) is 51.5 Å². The second-order valence-electron chi connectivity index (χ2n) is 8.10. The number of likely N-dealkylation sites (N-methyl/N-ethyl adjacent to an activating group) is 1. The Bertz CT molecular complexity index is 971. The monoisotopic (exact) mass is 443 g/mol. The molecule has 0 spiro atoms. The predicted octanol–water partition coefficient (Wildman–Crippen LogP) is 2.94. The second kappa shape index (κ2) is 9.32. The number of aryl methyl sites for hydroxylation is 3. The van der Waals surface area contributed by atoms with Crippen LogP contribution < -0.4 is 10.0 Å². The fourth-order valence-corrected chi connectivity index (χ4v) is 5.00. The van der Waals surface area contributed by atoms with Crippen LogP contribution in [-0.4, -0.2) is 53.9 Å². The highest BCUT2D eigenvalue weighted by atomic mass is 32.2. The minimum Gasteiger partial charge on any atom is -0.383 e. The molecule has 1 aromatic carbocycles. The molecule has 0 fully saturated rings. The Labute approximate surface area is 186 Å². The van der Waals surface area contributed by atoms with Gasteiger partial charge in [0.05, 0.1) is 6.61 Å². The molecule has 0 saturated heterocycles. The lowest BCUT2D eigenvalue weighted by Crippen LogP contribution is -2.31. The first-order chi connectivity index (χ1) is 15.0. The standard InChI is InChI=1S/C22H29N5O3S/c1-26(10-11-30-3)21(28)18-13-19(24-27(18)2)31-25-22(29)23-20-16-8-4-6-14(16)12-15-7-5-9-17(15)20/h12-13H,4-11H2,1-3H3,(H2,23,25,29). The Morgan fingerprint density at radius 2 is 1.84 bits per heavy atom.